The Kier molecular flexibility index (Phi) is 3.41. The second-order valence-corrected chi connectivity index (χ2v) is 10.5. The standard InChI is InChI=1S/C23H31NO5/c1-13-10-24-11-15-5-3-14-4-6-16-17(19(26)29-2)9-21(18(14)16)20(15,12-25)7-8-22(13,27)23(21,24)28/h7-8,13,15-17,25,27-28H,3-6,9-12H2,1-2H3/t13-,15?,16-,17-,20+,21?,22?,23?/m1/s1. The van der Waals surface area contributed by atoms with E-state index >= 15 is 0 Å². The molecule has 6 nitrogen and oxygen atoms in total. The smallest absolute Gasteiger partial charge is 0.309 e. The summed E-state index contributed by atoms with van der Waals surface area (Å²) >= 11 is 0. The highest BCUT2D eigenvalue weighted by Crippen LogP contribution is 2.78. The largest absolute Gasteiger partial charge is 0.469 e. The van der Waals surface area contributed by atoms with E-state index in [4.69, 9.17) is 4.74 Å². The molecule has 4 aliphatic carbocycles. The van der Waals surface area contributed by atoms with Crippen molar-refractivity contribution in [2.24, 2.45) is 34.5 Å². The Bertz CT molecular complexity index is 867. The van der Waals surface area contributed by atoms with Gasteiger partial charge in [-0.1, -0.05) is 30.2 Å². The van der Waals surface area contributed by atoms with Crippen molar-refractivity contribution < 1.29 is 24.9 Å². The van der Waals surface area contributed by atoms with Gasteiger partial charge in [0.1, 0.15) is 5.60 Å². The van der Waals surface area contributed by atoms with Gasteiger partial charge in [0.2, 0.25) is 0 Å². The molecule has 3 fully saturated rings. The summed E-state index contributed by atoms with van der Waals surface area (Å²) < 4.78 is 5.19. The maximum Gasteiger partial charge on any atom is 0.309 e. The van der Waals surface area contributed by atoms with Crippen LogP contribution in [0.5, 0.6) is 0 Å². The van der Waals surface area contributed by atoms with Crippen molar-refractivity contribution in [2.75, 3.05) is 26.8 Å². The van der Waals surface area contributed by atoms with Gasteiger partial charge in [-0.3, -0.25) is 9.69 Å². The van der Waals surface area contributed by atoms with Gasteiger partial charge in [0, 0.05) is 24.4 Å². The van der Waals surface area contributed by atoms with E-state index < -0.39 is 22.2 Å². The molecule has 1 spiro atoms. The Labute approximate surface area is 171 Å². The molecule has 0 aromatic carbocycles. The lowest BCUT2D eigenvalue weighted by molar-refractivity contribution is -0.308. The van der Waals surface area contributed by atoms with Crippen molar-refractivity contribution in [3.63, 3.8) is 0 Å². The number of aliphatic hydroxyl groups is 3. The first-order valence-electron chi connectivity index (χ1n) is 11.1. The Hall–Kier alpha value is -1.21. The molecule has 2 heterocycles. The molecular formula is C23H31NO5. The fourth-order valence-corrected chi connectivity index (χ4v) is 8.87. The number of rotatable bonds is 2. The minimum absolute atomic E-state index is 0.0396. The van der Waals surface area contributed by atoms with Gasteiger partial charge in [0.15, 0.2) is 5.72 Å². The third-order valence-corrected chi connectivity index (χ3v) is 10.00. The topological polar surface area (TPSA) is 90.2 Å². The van der Waals surface area contributed by atoms with Crippen molar-refractivity contribution in [3.8, 4) is 0 Å². The monoisotopic (exact) mass is 401 g/mol. The summed E-state index contributed by atoms with van der Waals surface area (Å²) in [6.07, 6.45) is 8.03. The van der Waals surface area contributed by atoms with Gasteiger partial charge in [-0.05, 0) is 43.9 Å². The summed E-state index contributed by atoms with van der Waals surface area (Å²) in [6.45, 7) is 3.21. The SMILES string of the molecule is COC(=O)[C@@H]1CC23C4=C(CCC5CN6C[C@@H](C)C(O)(C=C[C@]52CO)C63O)CC[C@@H]41. The van der Waals surface area contributed by atoms with Crippen LogP contribution in [0.4, 0.5) is 0 Å². The van der Waals surface area contributed by atoms with Gasteiger partial charge < -0.3 is 20.1 Å². The number of aliphatic hydroxyl groups excluding tert-OH is 1. The number of methoxy groups -OCH3 is 1. The van der Waals surface area contributed by atoms with Crippen LogP contribution in [0.2, 0.25) is 0 Å². The zero-order valence-corrected chi connectivity index (χ0v) is 17.2. The number of hydrogen-bond donors (Lipinski definition) is 3. The molecule has 6 heteroatoms. The Morgan fingerprint density at radius 1 is 1.24 bits per heavy atom. The molecule has 2 aliphatic heterocycles. The summed E-state index contributed by atoms with van der Waals surface area (Å²) in [7, 11) is 1.43. The minimum Gasteiger partial charge on any atom is -0.469 e. The molecule has 158 valence electrons. The van der Waals surface area contributed by atoms with Crippen molar-refractivity contribution in [1.29, 1.82) is 0 Å². The van der Waals surface area contributed by atoms with Crippen molar-refractivity contribution in [2.45, 2.75) is 50.4 Å². The zero-order valence-electron chi connectivity index (χ0n) is 17.2. The Morgan fingerprint density at radius 2 is 2.00 bits per heavy atom. The van der Waals surface area contributed by atoms with E-state index in [1.807, 2.05) is 13.0 Å². The fourth-order valence-electron chi connectivity index (χ4n) is 8.87. The van der Waals surface area contributed by atoms with E-state index in [2.05, 4.69) is 4.90 Å². The maximum atomic E-state index is 12.8. The molecular weight excluding hydrogens is 370 g/mol. The van der Waals surface area contributed by atoms with Crippen LogP contribution < -0.4 is 0 Å². The molecule has 3 N–H and O–H groups in total. The summed E-state index contributed by atoms with van der Waals surface area (Å²) in [5.41, 5.74) is -1.88. The maximum absolute atomic E-state index is 12.8. The normalized spacial score (nSPS) is 54.5. The van der Waals surface area contributed by atoms with Crippen LogP contribution in [0.3, 0.4) is 0 Å². The van der Waals surface area contributed by atoms with Gasteiger partial charge in [0.05, 0.1) is 25.0 Å². The predicted octanol–water partition coefficient (Wildman–Crippen LogP) is 1.22. The van der Waals surface area contributed by atoms with E-state index in [0.717, 1.165) is 25.7 Å². The van der Waals surface area contributed by atoms with Crippen LogP contribution in [0.25, 0.3) is 0 Å². The average Bonchev–Trinajstić information content (AvgIpc) is 3.32. The lowest BCUT2D eigenvalue weighted by Crippen LogP contribution is -2.79. The molecule has 6 aliphatic rings. The third-order valence-electron chi connectivity index (χ3n) is 10.00. The number of carbonyl (C=O) groups is 1. The number of hydrogen-bond acceptors (Lipinski definition) is 6. The van der Waals surface area contributed by atoms with Crippen LogP contribution >= 0.6 is 0 Å². The number of allylic oxidation sites excluding steroid dienone is 1. The number of piperidine rings is 1. The summed E-state index contributed by atoms with van der Waals surface area (Å²) in [5, 5.41) is 35.4. The highest BCUT2D eigenvalue weighted by molar-refractivity contribution is 5.75. The molecule has 4 unspecified atom stereocenters. The van der Waals surface area contributed by atoms with Crippen LogP contribution in [0, 0.1) is 34.5 Å². The molecule has 29 heavy (non-hydrogen) atoms. The number of nitrogens with zero attached hydrogens (tertiary/aromatic N) is 1. The summed E-state index contributed by atoms with van der Waals surface area (Å²) in [4.78, 5) is 14.9. The zero-order chi connectivity index (χ0) is 20.4. The first kappa shape index (κ1) is 18.6. The average molecular weight is 402 g/mol. The molecule has 1 saturated carbocycles. The fraction of sp³-hybridized carbons (Fsp3) is 0.783. The number of carbonyl (C=O) groups excluding carboxylic acids is 1. The summed E-state index contributed by atoms with van der Waals surface area (Å²) in [6, 6.07) is 0. The van der Waals surface area contributed by atoms with Gasteiger partial charge in [-0.15, -0.1) is 0 Å². The van der Waals surface area contributed by atoms with Gasteiger partial charge in [0.25, 0.3) is 0 Å². The van der Waals surface area contributed by atoms with Crippen LogP contribution in [-0.2, 0) is 9.53 Å². The van der Waals surface area contributed by atoms with Crippen molar-refractivity contribution in [1.82, 2.24) is 4.90 Å². The van der Waals surface area contributed by atoms with E-state index in [1.165, 1.54) is 18.3 Å². The van der Waals surface area contributed by atoms with E-state index in [0.29, 0.717) is 19.5 Å². The Balaban J connectivity index is 1.71. The van der Waals surface area contributed by atoms with Gasteiger partial charge in [-0.2, -0.15) is 0 Å². The van der Waals surface area contributed by atoms with Gasteiger partial charge >= 0.3 is 5.97 Å². The number of esters is 1. The van der Waals surface area contributed by atoms with Crippen LogP contribution in [-0.4, -0.2) is 64.3 Å². The van der Waals surface area contributed by atoms with Crippen molar-refractivity contribution >= 4 is 5.97 Å². The van der Waals surface area contributed by atoms with Crippen molar-refractivity contribution in [3.05, 3.63) is 23.3 Å². The lowest BCUT2D eigenvalue weighted by atomic mass is 9.43. The molecule has 6 rings (SSSR count). The Morgan fingerprint density at radius 3 is 2.72 bits per heavy atom. The molecule has 0 radical (unpaired) electrons. The first-order chi connectivity index (χ1) is 13.8. The molecule has 0 aromatic heterocycles. The van der Waals surface area contributed by atoms with Gasteiger partial charge in [-0.25, -0.2) is 0 Å². The first-order valence-corrected chi connectivity index (χ1v) is 11.1. The molecule has 0 aromatic rings. The molecule has 2 saturated heterocycles. The molecule has 4 bridgehead atoms. The lowest BCUT2D eigenvalue weighted by Gasteiger charge is -2.68. The number of ether oxygens (including phenoxy) is 1. The second-order valence-electron chi connectivity index (χ2n) is 10.5. The van der Waals surface area contributed by atoms with E-state index in [1.54, 1.807) is 6.08 Å². The van der Waals surface area contributed by atoms with E-state index in [-0.39, 0.29) is 36.2 Å². The highest BCUT2D eigenvalue weighted by Gasteiger charge is 2.84. The van der Waals surface area contributed by atoms with E-state index in [9.17, 15) is 20.1 Å². The third kappa shape index (κ3) is 1.62. The minimum atomic E-state index is -1.51. The molecule has 8 atom stereocenters. The highest BCUT2D eigenvalue weighted by atomic mass is 16.5. The predicted molar refractivity (Wildman–Crippen MR) is 104 cm³/mol. The van der Waals surface area contributed by atoms with Crippen LogP contribution in [0.15, 0.2) is 23.3 Å². The second kappa shape index (κ2) is 5.34. The quantitative estimate of drug-likeness (QED) is 0.476. The summed E-state index contributed by atoms with van der Waals surface area (Å²) in [5.74, 6) is -0.460. The van der Waals surface area contributed by atoms with Crippen LogP contribution in [0.1, 0.15) is 39.0 Å². The molecule has 0 amide bonds.